The topological polar surface area (TPSA) is 105 Å². The van der Waals surface area contributed by atoms with Crippen molar-refractivity contribution in [3.8, 4) is 0 Å². The van der Waals surface area contributed by atoms with Gasteiger partial charge in [-0.25, -0.2) is 10.2 Å². The SMILES string of the molecule is CN(NC(=O)NC(=O)c1c(Cl)cccc1Cl)c1cc(Cl)c(C(F)(F)F)cc1[N+](=O)[O-]. The maximum atomic E-state index is 12.9. The minimum absolute atomic E-state index is 0.0358. The van der Waals surface area contributed by atoms with E-state index >= 15 is 0 Å². The number of benzene rings is 2. The van der Waals surface area contributed by atoms with Crippen LogP contribution in [0, 0.1) is 10.1 Å². The minimum atomic E-state index is -4.93. The van der Waals surface area contributed by atoms with Crippen LogP contribution in [-0.2, 0) is 6.18 Å². The molecule has 0 spiro atoms. The Kier molecular flexibility index (Phi) is 7.01. The smallest absolute Gasteiger partial charge is 0.280 e. The molecule has 2 rings (SSSR count). The molecule has 2 aromatic rings. The van der Waals surface area contributed by atoms with Gasteiger partial charge in [0, 0.05) is 13.1 Å². The van der Waals surface area contributed by atoms with Crippen molar-refractivity contribution in [1.29, 1.82) is 0 Å². The van der Waals surface area contributed by atoms with E-state index < -0.39 is 45.0 Å². The van der Waals surface area contributed by atoms with E-state index in [-0.39, 0.29) is 21.7 Å². The summed E-state index contributed by atoms with van der Waals surface area (Å²) < 4.78 is 38.8. The zero-order chi connectivity index (χ0) is 22.8. The van der Waals surface area contributed by atoms with Crippen LogP contribution in [0.5, 0.6) is 0 Å². The van der Waals surface area contributed by atoms with E-state index in [1.807, 2.05) is 10.7 Å². The van der Waals surface area contributed by atoms with Crippen LogP contribution < -0.4 is 15.8 Å². The average molecular weight is 486 g/mol. The molecule has 2 N–H and O–H groups in total. The van der Waals surface area contributed by atoms with Gasteiger partial charge in [-0.2, -0.15) is 13.2 Å². The third kappa shape index (κ3) is 5.23. The van der Waals surface area contributed by atoms with E-state index in [1.54, 1.807) is 0 Å². The number of halogens is 6. The van der Waals surface area contributed by atoms with Gasteiger partial charge in [0.25, 0.3) is 11.6 Å². The van der Waals surface area contributed by atoms with Crippen LogP contribution >= 0.6 is 34.8 Å². The average Bonchev–Trinajstić information content (AvgIpc) is 2.59. The van der Waals surface area contributed by atoms with Crippen molar-refractivity contribution in [3.63, 3.8) is 0 Å². The lowest BCUT2D eigenvalue weighted by atomic mass is 10.1. The van der Waals surface area contributed by atoms with Crippen molar-refractivity contribution in [2.45, 2.75) is 6.18 Å². The normalized spacial score (nSPS) is 11.0. The van der Waals surface area contributed by atoms with Gasteiger partial charge in [0.15, 0.2) is 0 Å². The van der Waals surface area contributed by atoms with Gasteiger partial charge in [0.05, 0.1) is 31.1 Å². The van der Waals surface area contributed by atoms with Crippen molar-refractivity contribution >= 4 is 58.1 Å². The monoisotopic (exact) mass is 484 g/mol. The number of nitro benzene ring substituents is 1. The van der Waals surface area contributed by atoms with Crippen LogP contribution in [0.25, 0.3) is 0 Å². The molecular formula is C16H10Cl3F3N4O4. The summed E-state index contributed by atoms with van der Waals surface area (Å²) in [6.45, 7) is 0. The summed E-state index contributed by atoms with van der Waals surface area (Å²) in [5.41, 5.74) is -0.998. The second-order valence-electron chi connectivity index (χ2n) is 5.63. The molecule has 0 atom stereocenters. The summed E-state index contributed by atoms with van der Waals surface area (Å²) >= 11 is 17.3. The van der Waals surface area contributed by atoms with Gasteiger partial charge in [-0.3, -0.25) is 25.2 Å². The van der Waals surface area contributed by atoms with Crippen molar-refractivity contribution in [1.82, 2.24) is 10.7 Å². The molecule has 30 heavy (non-hydrogen) atoms. The molecule has 3 amide bonds. The number of carbonyl (C=O) groups is 2. The van der Waals surface area contributed by atoms with Crippen molar-refractivity contribution in [2.75, 3.05) is 12.1 Å². The molecule has 0 aliphatic carbocycles. The summed E-state index contributed by atoms with van der Waals surface area (Å²) in [5, 5.41) is 12.9. The minimum Gasteiger partial charge on any atom is -0.280 e. The van der Waals surface area contributed by atoms with Gasteiger partial charge in [0.1, 0.15) is 5.69 Å². The Balaban J connectivity index is 2.26. The molecule has 0 aromatic heterocycles. The van der Waals surface area contributed by atoms with E-state index in [0.29, 0.717) is 6.07 Å². The largest absolute Gasteiger partial charge is 0.418 e. The first-order valence-corrected chi connectivity index (χ1v) is 8.81. The molecular weight excluding hydrogens is 476 g/mol. The molecule has 0 radical (unpaired) electrons. The van der Waals surface area contributed by atoms with Gasteiger partial charge in [0.2, 0.25) is 0 Å². The van der Waals surface area contributed by atoms with Crippen LogP contribution in [0.4, 0.5) is 29.3 Å². The number of hydrogen-bond acceptors (Lipinski definition) is 5. The van der Waals surface area contributed by atoms with Crippen LogP contribution in [-0.4, -0.2) is 23.9 Å². The highest BCUT2D eigenvalue weighted by Gasteiger charge is 2.36. The molecule has 8 nitrogen and oxygen atoms in total. The summed E-state index contributed by atoms with van der Waals surface area (Å²) in [6.07, 6.45) is -4.93. The summed E-state index contributed by atoms with van der Waals surface area (Å²) in [6, 6.07) is 3.93. The molecule has 14 heteroatoms. The number of nitrogens with one attached hydrogen (secondary N) is 2. The van der Waals surface area contributed by atoms with Gasteiger partial charge in [-0.1, -0.05) is 40.9 Å². The number of nitro groups is 1. The maximum absolute atomic E-state index is 12.9. The van der Waals surface area contributed by atoms with E-state index in [2.05, 4.69) is 0 Å². The molecule has 0 unspecified atom stereocenters. The molecule has 160 valence electrons. The van der Waals surface area contributed by atoms with E-state index in [0.717, 1.165) is 12.1 Å². The lowest BCUT2D eigenvalue weighted by Crippen LogP contribution is -2.47. The Morgan fingerprint density at radius 3 is 2.17 bits per heavy atom. The Morgan fingerprint density at radius 1 is 1.10 bits per heavy atom. The first-order chi connectivity index (χ1) is 13.8. The molecule has 0 aliphatic rings. The standard InChI is InChI=1S/C16H10Cl3F3N4O4/c1-25(11-6-10(19)7(16(20,21)22)5-12(11)26(29)30)24-15(28)23-14(27)13-8(17)3-2-4-9(13)18/h2-6H,1H3,(H2,23,24,27,28). The van der Waals surface area contributed by atoms with Gasteiger partial charge >= 0.3 is 12.2 Å². The Bertz CT molecular complexity index is 1010. The lowest BCUT2D eigenvalue weighted by molar-refractivity contribution is -0.384. The number of amides is 3. The van der Waals surface area contributed by atoms with Crippen LogP contribution in [0.2, 0.25) is 15.1 Å². The maximum Gasteiger partial charge on any atom is 0.418 e. The summed E-state index contributed by atoms with van der Waals surface area (Å²) in [7, 11) is 1.10. The molecule has 0 fully saturated rings. The summed E-state index contributed by atoms with van der Waals surface area (Å²) in [4.78, 5) is 34.4. The highest BCUT2D eigenvalue weighted by Crippen LogP contribution is 2.40. The second kappa shape index (κ2) is 8.94. The van der Waals surface area contributed by atoms with Crippen LogP contribution in [0.1, 0.15) is 15.9 Å². The van der Waals surface area contributed by atoms with Crippen molar-refractivity contribution < 1.29 is 27.7 Å². The third-order valence-corrected chi connectivity index (χ3v) is 4.56. The molecule has 0 aliphatic heterocycles. The zero-order valence-corrected chi connectivity index (χ0v) is 16.9. The highest BCUT2D eigenvalue weighted by atomic mass is 35.5. The molecule has 0 heterocycles. The van der Waals surface area contributed by atoms with Crippen molar-refractivity contribution in [2.24, 2.45) is 0 Å². The molecule has 2 aromatic carbocycles. The fourth-order valence-corrected chi connectivity index (χ4v) is 3.14. The molecule has 0 bridgehead atoms. The third-order valence-electron chi connectivity index (χ3n) is 3.61. The quantitative estimate of drug-likeness (QED) is 0.465. The number of urea groups is 1. The predicted octanol–water partition coefficient (Wildman–Crippen LogP) is 5.06. The number of nitrogens with zero attached hydrogens (tertiary/aromatic N) is 2. The second-order valence-corrected chi connectivity index (χ2v) is 6.85. The van der Waals surface area contributed by atoms with Gasteiger partial charge in [-0.05, 0) is 18.2 Å². The van der Waals surface area contributed by atoms with Gasteiger partial charge in [-0.15, -0.1) is 0 Å². The van der Waals surface area contributed by atoms with E-state index in [9.17, 15) is 32.9 Å². The first-order valence-electron chi connectivity index (χ1n) is 7.67. The Morgan fingerprint density at radius 2 is 1.67 bits per heavy atom. The van der Waals surface area contributed by atoms with E-state index in [1.165, 1.54) is 18.2 Å². The number of imide groups is 1. The first kappa shape index (κ1) is 23.5. The fraction of sp³-hybridized carbons (Fsp3) is 0.125. The lowest BCUT2D eigenvalue weighted by Gasteiger charge is -2.21. The summed E-state index contributed by atoms with van der Waals surface area (Å²) in [5.74, 6) is -0.976. The Labute approximate surface area is 181 Å². The fourth-order valence-electron chi connectivity index (χ4n) is 2.30. The Hall–Kier alpha value is -2.76. The van der Waals surface area contributed by atoms with Gasteiger partial charge < -0.3 is 0 Å². The number of anilines is 1. The zero-order valence-electron chi connectivity index (χ0n) is 14.7. The van der Waals surface area contributed by atoms with Crippen LogP contribution in [0.3, 0.4) is 0 Å². The highest BCUT2D eigenvalue weighted by molar-refractivity contribution is 6.40. The van der Waals surface area contributed by atoms with Crippen LogP contribution in [0.15, 0.2) is 30.3 Å². The number of hydrazine groups is 1. The number of rotatable bonds is 4. The van der Waals surface area contributed by atoms with Crippen molar-refractivity contribution in [3.05, 3.63) is 66.6 Å². The number of hydrogen-bond donors (Lipinski definition) is 2. The number of carbonyl (C=O) groups excluding carboxylic acids is 2. The molecule has 0 saturated carbocycles. The number of alkyl halides is 3. The molecule has 0 saturated heterocycles. The predicted molar refractivity (Wildman–Crippen MR) is 104 cm³/mol. The van der Waals surface area contributed by atoms with E-state index in [4.69, 9.17) is 34.8 Å².